The summed E-state index contributed by atoms with van der Waals surface area (Å²) in [5, 5.41) is 8.62. The lowest BCUT2D eigenvalue weighted by Gasteiger charge is -2.08. The van der Waals surface area contributed by atoms with Gasteiger partial charge in [-0.3, -0.25) is 0 Å². The fourth-order valence-corrected chi connectivity index (χ4v) is 1.63. The second-order valence-corrected chi connectivity index (χ2v) is 4.12. The van der Waals surface area contributed by atoms with E-state index in [1.165, 1.54) is 12.1 Å². The molecular formula is C16H14FNO2. The largest absolute Gasteiger partial charge is 0.493 e. The van der Waals surface area contributed by atoms with Crippen LogP contribution in [0.3, 0.4) is 0 Å². The van der Waals surface area contributed by atoms with Gasteiger partial charge in [0.05, 0.1) is 18.8 Å². The van der Waals surface area contributed by atoms with Crippen molar-refractivity contribution in [1.29, 1.82) is 5.26 Å². The highest BCUT2D eigenvalue weighted by Crippen LogP contribution is 2.16. The minimum Gasteiger partial charge on any atom is -0.493 e. The van der Waals surface area contributed by atoms with Crippen LogP contribution in [0.5, 0.6) is 11.5 Å². The predicted molar refractivity (Wildman–Crippen MR) is 73.2 cm³/mol. The molecule has 20 heavy (non-hydrogen) atoms. The first-order valence-electron chi connectivity index (χ1n) is 6.30. The molecule has 0 aromatic heterocycles. The lowest BCUT2D eigenvalue weighted by molar-refractivity contribution is 0.247. The maximum Gasteiger partial charge on any atom is 0.144 e. The topological polar surface area (TPSA) is 42.2 Å². The molecule has 2 aromatic carbocycles. The zero-order valence-electron chi connectivity index (χ0n) is 10.9. The number of hydrogen-bond donors (Lipinski definition) is 0. The van der Waals surface area contributed by atoms with Crippen LogP contribution < -0.4 is 9.47 Å². The lowest BCUT2D eigenvalue weighted by atomic mass is 10.2. The zero-order chi connectivity index (χ0) is 14.2. The summed E-state index contributed by atoms with van der Waals surface area (Å²) in [5.74, 6) is 0.670. The van der Waals surface area contributed by atoms with Crippen molar-refractivity contribution < 1.29 is 13.9 Å². The third-order valence-corrected chi connectivity index (χ3v) is 2.63. The van der Waals surface area contributed by atoms with Crippen molar-refractivity contribution in [1.82, 2.24) is 0 Å². The van der Waals surface area contributed by atoms with Crippen molar-refractivity contribution >= 4 is 0 Å². The SMILES string of the molecule is N#Cc1ccc(OCCCOc2ccccc2)cc1F. The monoisotopic (exact) mass is 271 g/mol. The number of benzene rings is 2. The molecule has 0 amide bonds. The maximum atomic E-state index is 13.3. The highest BCUT2D eigenvalue weighted by atomic mass is 19.1. The Morgan fingerprint density at radius 3 is 2.30 bits per heavy atom. The van der Waals surface area contributed by atoms with Gasteiger partial charge in [0.2, 0.25) is 0 Å². The molecule has 0 radical (unpaired) electrons. The summed E-state index contributed by atoms with van der Waals surface area (Å²) >= 11 is 0. The molecular weight excluding hydrogens is 257 g/mol. The molecule has 0 saturated carbocycles. The second-order valence-electron chi connectivity index (χ2n) is 4.12. The number of para-hydroxylation sites is 1. The van der Waals surface area contributed by atoms with Crippen LogP contribution in [0, 0.1) is 17.1 Å². The second kappa shape index (κ2) is 7.15. The first-order valence-corrected chi connectivity index (χ1v) is 6.30. The van der Waals surface area contributed by atoms with Gasteiger partial charge in [0.15, 0.2) is 0 Å². The van der Waals surface area contributed by atoms with Crippen LogP contribution in [0.2, 0.25) is 0 Å². The van der Waals surface area contributed by atoms with E-state index in [1.54, 1.807) is 12.1 Å². The van der Waals surface area contributed by atoms with Crippen molar-refractivity contribution in [3.63, 3.8) is 0 Å². The van der Waals surface area contributed by atoms with Gasteiger partial charge < -0.3 is 9.47 Å². The third kappa shape index (κ3) is 3.99. The van der Waals surface area contributed by atoms with Crippen LogP contribution in [0.25, 0.3) is 0 Å². The van der Waals surface area contributed by atoms with E-state index in [0.29, 0.717) is 25.4 Å². The van der Waals surface area contributed by atoms with Gasteiger partial charge in [-0.05, 0) is 24.3 Å². The Bertz CT molecular complexity index is 593. The van der Waals surface area contributed by atoms with Crippen LogP contribution in [0.15, 0.2) is 48.5 Å². The normalized spacial score (nSPS) is 9.80. The lowest BCUT2D eigenvalue weighted by Crippen LogP contribution is -2.05. The molecule has 2 rings (SSSR count). The van der Waals surface area contributed by atoms with E-state index in [0.717, 1.165) is 5.75 Å². The molecule has 0 saturated heterocycles. The van der Waals surface area contributed by atoms with E-state index in [1.807, 2.05) is 30.3 Å². The van der Waals surface area contributed by atoms with Gasteiger partial charge in [0.25, 0.3) is 0 Å². The van der Waals surface area contributed by atoms with Gasteiger partial charge in [0.1, 0.15) is 23.4 Å². The highest BCUT2D eigenvalue weighted by molar-refractivity contribution is 5.36. The molecule has 102 valence electrons. The van der Waals surface area contributed by atoms with Crippen LogP contribution >= 0.6 is 0 Å². The smallest absolute Gasteiger partial charge is 0.144 e. The Kier molecular flexibility index (Phi) is 4.96. The van der Waals surface area contributed by atoms with Gasteiger partial charge in [-0.25, -0.2) is 4.39 Å². The van der Waals surface area contributed by atoms with Crippen molar-refractivity contribution in [2.75, 3.05) is 13.2 Å². The molecule has 0 aliphatic heterocycles. The van der Waals surface area contributed by atoms with Crippen molar-refractivity contribution in [3.05, 3.63) is 59.9 Å². The Labute approximate surface area is 117 Å². The van der Waals surface area contributed by atoms with Crippen molar-refractivity contribution in [2.45, 2.75) is 6.42 Å². The van der Waals surface area contributed by atoms with Crippen LogP contribution in [-0.2, 0) is 0 Å². The third-order valence-electron chi connectivity index (χ3n) is 2.63. The summed E-state index contributed by atoms with van der Waals surface area (Å²) in [6.45, 7) is 0.959. The summed E-state index contributed by atoms with van der Waals surface area (Å²) in [6, 6.07) is 15.5. The molecule has 2 aromatic rings. The number of hydrogen-bond acceptors (Lipinski definition) is 3. The molecule has 0 heterocycles. The molecule has 0 bridgehead atoms. The van der Waals surface area contributed by atoms with Gasteiger partial charge in [-0.1, -0.05) is 18.2 Å². The molecule has 0 N–H and O–H groups in total. The summed E-state index contributed by atoms with van der Waals surface area (Å²) in [5.41, 5.74) is 0.0183. The number of nitrogens with zero attached hydrogens (tertiary/aromatic N) is 1. The fraction of sp³-hybridized carbons (Fsp3) is 0.188. The van der Waals surface area contributed by atoms with Crippen LogP contribution in [0.1, 0.15) is 12.0 Å². The minimum absolute atomic E-state index is 0.0183. The Hall–Kier alpha value is -2.54. The van der Waals surface area contributed by atoms with Crippen molar-refractivity contribution in [2.24, 2.45) is 0 Å². The molecule has 3 nitrogen and oxygen atoms in total. The van der Waals surface area contributed by atoms with E-state index in [9.17, 15) is 4.39 Å². The summed E-state index contributed by atoms with van der Waals surface area (Å²) < 4.78 is 24.2. The summed E-state index contributed by atoms with van der Waals surface area (Å²) in [6.07, 6.45) is 0.691. The first kappa shape index (κ1) is 13.9. The molecule has 0 spiro atoms. The standard InChI is InChI=1S/C16H14FNO2/c17-16-11-15(8-7-13(16)12-18)20-10-4-9-19-14-5-2-1-3-6-14/h1-3,5-8,11H,4,9-10H2. The molecule has 0 aliphatic carbocycles. The van der Waals surface area contributed by atoms with E-state index in [4.69, 9.17) is 14.7 Å². The number of nitriles is 1. The maximum absolute atomic E-state index is 13.3. The fourth-order valence-electron chi connectivity index (χ4n) is 1.63. The average Bonchev–Trinajstić information content (AvgIpc) is 2.48. The average molecular weight is 271 g/mol. The zero-order valence-corrected chi connectivity index (χ0v) is 10.9. The van der Waals surface area contributed by atoms with E-state index in [2.05, 4.69) is 0 Å². The quantitative estimate of drug-likeness (QED) is 0.754. The number of halogens is 1. The van der Waals surface area contributed by atoms with Gasteiger partial charge >= 0.3 is 0 Å². The van der Waals surface area contributed by atoms with E-state index >= 15 is 0 Å². The van der Waals surface area contributed by atoms with Crippen LogP contribution in [0.4, 0.5) is 4.39 Å². The molecule has 0 unspecified atom stereocenters. The van der Waals surface area contributed by atoms with Crippen LogP contribution in [-0.4, -0.2) is 13.2 Å². The van der Waals surface area contributed by atoms with Crippen molar-refractivity contribution in [3.8, 4) is 17.6 Å². The van der Waals surface area contributed by atoms with E-state index < -0.39 is 5.82 Å². The molecule has 0 atom stereocenters. The van der Waals surface area contributed by atoms with Gasteiger partial charge in [0, 0.05) is 12.5 Å². The highest BCUT2D eigenvalue weighted by Gasteiger charge is 2.03. The Balaban J connectivity index is 1.71. The molecule has 0 fully saturated rings. The van der Waals surface area contributed by atoms with Gasteiger partial charge in [-0.2, -0.15) is 5.26 Å². The minimum atomic E-state index is -0.564. The molecule has 4 heteroatoms. The van der Waals surface area contributed by atoms with E-state index in [-0.39, 0.29) is 5.56 Å². The Morgan fingerprint density at radius 1 is 0.950 bits per heavy atom. The Morgan fingerprint density at radius 2 is 1.65 bits per heavy atom. The first-order chi connectivity index (χ1) is 9.79. The number of ether oxygens (including phenoxy) is 2. The summed E-state index contributed by atoms with van der Waals surface area (Å²) in [4.78, 5) is 0. The van der Waals surface area contributed by atoms with Gasteiger partial charge in [-0.15, -0.1) is 0 Å². The number of rotatable bonds is 6. The summed E-state index contributed by atoms with van der Waals surface area (Å²) in [7, 11) is 0. The predicted octanol–water partition coefficient (Wildman–Crippen LogP) is 3.55. The molecule has 0 aliphatic rings.